The molecule has 0 aromatic rings. The van der Waals surface area contributed by atoms with Crippen LogP contribution in [0.25, 0.3) is 0 Å². The van der Waals surface area contributed by atoms with Crippen LogP contribution in [0.5, 0.6) is 0 Å². The summed E-state index contributed by atoms with van der Waals surface area (Å²) in [6.45, 7) is -0.694. The molecule has 3 atom stereocenters. The quantitative estimate of drug-likeness (QED) is 0.333. The average Bonchev–Trinajstić information content (AvgIpc) is 3.14. The zero-order valence-electron chi connectivity index (χ0n) is 12.5. The van der Waals surface area contributed by atoms with E-state index in [1.807, 2.05) is 21.6 Å². The van der Waals surface area contributed by atoms with E-state index in [9.17, 15) is 19.8 Å². The third-order valence-electron chi connectivity index (χ3n) is 3.56. The summed E-state index contributed by atoms with van der Waals surface area (Å²) in [7, 11) is 3.76. The first-order valence-corrected chi connectivity index (χ1v) is 9.83. The van der Waals surface area contributed by atoms with Crippen LogP contribution in [0.3, 0.4) is 0 Å². The highest BCUT2D eigenvalue weighted by Gasteiger charge is 2.41. The first kappa shape index (κ1) is 18.4. The number of carbonyl (C=O) groups is 2. The van der Waals surface area contributed by atoms with Gasteiger partial charge < -0.3 is 24.8 Å². The molecule has 3 unspecified atom stereocenters. The molecule has 2 aliphatic heterocycles. The van der Waals surface area contributed by atoms with E-state index >= 15 is 0 Å². The molecular weight excluding hydrogens is 344 g/mol. The van der Waals surface area contributed by atoms with Gasteiger partial charge in [0.15, 0.2) is 11.9 Å². The second kappa shape index (κ2) is 8.81. The Kier molecular flexibility index (Phi) is 7.07. The minimum absolute atomic E-state index is 0.141. The van der Waals surface area contributed by atoms with Crippen LogP contribution in [0, 0.1) is 0 Å². The lowest BCUT2D eigenvalue weighted by atomic mass is 10.1. The van der Waals surface area contributed by atoms with Crippen LogP contribution in [0.15, 0.2) is 11.5 Å². The van der Waals surface area contributed by atoms with Gasteiger partial charge in [0, 0.05) is 17.4 Å². The molecule has 0 radical (unpaired) electrons. The number of aliphatic hydroxyl groups is 3. The second-order valence-electron chi connectivity index (χ2n) is 5.34. The first-order valence-electron chi connectivity index (χ1n) is 7.45. The van der Waals surface area contributed by atoms with Crippen molar-refractivity contribution in [2.24, 2.45) is 0 Å². The Morgan fingerprint density at radius 2 is 2.22 bits per heavy atom. The Labute approximate surface area is 141 Å². The van der Waals surface area contributed by atoms with Gasteiger partial charge in [-0.2, -0.15) is 0 Å². The van der Waals surface area contributed by atoms with Crippen molar-refractivity contribution in [3.05, 3.63) is 11.5 Å². The summed E-state index contributed by atoms with van der Waals surface area (Å²) >= 11 is 0. The van der Waals surface area contributed by atoms with E-state index in [1.54, 1.807) is 0 Å². The maximum atomic E-state index is 11.7. The highest BCUT2D eigenvalue weighted by molar-refractivity contribution is 8.77. The van der Waals surface area contributed by atoms with Gasteiger partial charge in [-0.3, -0.25) is 4.79 Å². The molecule has 0 aliphatic carbocycles. The van der Waals surface area contributed by atoms with E-state index in [0.717, 1.165) is 12.8 Å². The fourth-order valence-electron chi connectivity index (χ4n) is 2.28. The van der Waals surface area contributed by atoms with Crippen molar-refractivity contribution >= 4 is 33.5 Å². The van der Waals surface area contributed by atoms with E-state index in [-0.39, 0.29) is 6.42 Å². The van der Waals surface area contributed by atoms with Crippen LogP contribution in [0.4, 0.5) is 0 Å². The maximum absolute atomic E-state index is 11.7. The molecule has 3 N–H and O–H groups in total. The summed E-state index contributed by atoms with van der Waals surface area (Å²) in [5.74, 6) is -1.74. The highest BCUT2D eigenvalue weighted by Crippen LogP contribution is 2.39. The van der Waals surface area contributed by atoms with Gasteiger partial charge in [0.2, 0.25) is 0 Å². The van der Waals surface area contributed by atoms with Crippen molar-refractivity contribution in [1.29, 1.82) is 0 Å². The first-order chi connectivity index (χ1) is 11.0. The van der Waals surface area contributed by atoms with Crippen molar-refractivity contribution in [3.63, 3.8) is 0 Å². The predicted octanol–water partition coefficient (Wildman–Crippen LogP) is 1.29. The number of hydrogen-bond acceptors (Lipinski definition) is 9. The lowest BCUT2D eigenvalue weighted by Gasteiger charge is -2.13. The minimum Gasteiger partial charge on any atom is -0.505 e. The average molecular weight is 364 g/mol. The molecule has 1 saturated heterocycles. The lowest BCUT2D eigenvalue weighted by Crippen LogP contribution is -2.31. The Morgan fingerprint density at radius 1 is 1.43 bits per heavy atom. The van der Waals surface area contributed by atoms with E-state index < -0.39 is 42.3 Å². The van der Waals surface area contributed by atoms with Crippen LogP contribution in [-0.2, 0) is 19.1 Å². The fraction of sp³-hybridized carbons (Fsp3) is 0.714. The molecule has 2 rings (SSSR count). The molecule has 7 nitrogen and oxygen atoms in total. The van der Waals surface area contributed by atoms with Gasteiger partial charge in [-0.05, 0) is 19.3 Å². The molecule has 0 spiro atoms. The molecule has 0 saturated carbocycles. The Balaban J connectivity index is 1.75. The summed E-state index contributed by atoms with van der Waals surface area (Å²) in [4.78, 5) is 23.3. The smallest absolute Gasteiger partial charge is 0.378 e. The molecule has 9 heteroatoms. The predicted molar refractivity (Wildman–Crippen MR) is 85.6 cm³/mol. The summed E-state index contributed by atoms with van der Waals surface area (Å²) in [5, 5.41) is 28.6. The molecule has 0 aromatic heterocycles. The normalized spacial score (nSPS) is 25.6. The number of ether oxygens (including phenoxy) is 2. The number of unbranched alkanes of at least 4 members (excludes halogenated alkanes) is 1. The van der Waals surface area contributed by atoms with Crippen LogP contribution in [-0.4, -0.2) is 57.1 Å². The zero-order chi connectivity index (χ0) is 16.8. The van der Waals surface area contributed by atoms with Gasteiger partial charge >= 0.3 is 11.9 Å². The number of cyclic esters (lactones) is 1. The van der Waals surface area contributed by atoms with Gasteiger partial charge in [-0.25, -0.2) is 4.79 Å². The monoisotopic (exact) mass is 364 g/mol. The number of aliphatic hydroxyl groups excluding tert-OH is 3. The maximum Gasteiger partial charge on any atom is 0.378 e. The number of esters is 2. The summed E-state index contributed by atoms with van der Waals surface area (Å²) < 4.78 is 9.52. The van der Waals surface area contributed by atoms with E-state index in [1.165, 1.54) is 12.2 Å². The van der Waals surface area contributed by atoms with Gasteiger partial charge in [0.05, 0.1) is 6.61 Å². The van der Waals surface area contributed by atoms with E-state index in [4.69, 9.17) is 9.84 Å². The molecule has 2 aliphatic rings. The minimum atomic E-state index is -1.46. The molecule has 1 fully saturated rings. The van der Waals surface area contributed by atoms with Gasteiger partial charge in [0.25, 0.3) is 5.76 Å². The molecule has 0 bridgehead atoms. The second-order valence-corrected chi connectivity index (χ2v) is 8.13. The largest absolute Gasteiger partial charge is 0.505 e. The van der Waals surface area contributed by atoms with Gasteiger partial charge in [-0.1, -0.05) is 28.0 Å². The summed E-state index contributed by atoms with van der Waals surface area (Å²) in [6.07, 6.45) is 1.07. The molecule has 0 amide bonds. The van der Waals surface area contributed by atoms with Crippen molar-refractivity contribution < 1.29 is 34.4 Å². The van der Waals surface area contributed by atoms with Gasteiger partial charge in [0.1, 0.15) is 6.10 Å². The van der Waals surface area contributed by atoms with Crippen molar-refractivity contribution in [3.8, 4) is 0 Å². The standard InChI is InChI=1S/C14H20O7S2/c15-7-9(16)12-11(18)13(14(19)21-12)20-10(17)4-2-1-3-8-5-6-22-23-8/h8-9,12,15-16,18H,1-7H2. The molecule has 23 heavy (non-hydrogen) atoms. The third kappa shape index (κ3) is 5.03. The van der Waals surface area contributed by atoms with Crippen molar-refractivity contribution in [2.45, 2.75) is 49.6 Å². The Bertz CT molecular complexity index is 474. The van der Waals surface area contributed by atoms with Crippen LogP contribution < -0.4 is 0 Å². The third-order valence-corrected chi connectivity index (χ3v) is 6.57. The summed E-state index contributed by atoms with van der Waals surface area (Å²) in [5.41, 5.74) is 0. The number of carbonyl (C=O) groups excluding carboxylic acids is 2. The van der Waals surface area contributed by atoms with Crippen LogP contribution in [0.1, 0.15) is 32.1 Å². The Hall–Kier alpha value is -0.900. The zero-order valence-corrected chi connectivity index (χ0v) is 14.1. The Morgan fingerprint density at radius 3 is 2.87 bits per heavy atom. The number of hydrogen-bond donors (Lipinski definition) is 3. The summed E-state index contributed by atoms with van der Waals surface area (Å²) in [6, 6.07) is 0. The molecule has 0 aromatic carbocycles. The van der Waals surface area contributed by atoms with Crippen LogP contribution >= 0.6 is 21.6 Å². The van der Waals surface area contributed by atoms with Crippen molar-refractivity contribution in [2.75, 3.05) is 12.4 Å². The highest BCUT2D eigenvalue weighted by atomic mass is 33.1. The van der Waals surface area contributed by atoms with Gasteiger partial charge in [-0.15, -0.1) is 0 Å². The molecule has 130 valence electrons. The molecule has 2 heterocycles. The van der Waals surface area contributed by atoms with E-state index in [2.05, 4.69) is 4.74 Å². The molecular formula is C14H20O7S2. The topological polar surface area (TPSA) is 113 Å². The van der Waals surface area contributed by atoms with Crippen LogP contribution in [0.2, 0.25) is 0 Å². The van der Waals surface area contributed by atoms with E-state index in [0.29, 0.717) is 11.7 Å². The number of rotatable bonds is 8. The fourth-order valence-corrected chi connectivity index (χ4v) is 5.31. The van der Waals surface area contributed by atoms with Crippen molar-refractivity contribution in [1.82, 2.24) is 0 Å². The lowest BCUT2D eigenvalue weighted by molar-refractivity contribution is -0.153. The SMILES string of the molecule is O=C(CCCCC1CCSS1)OC1=C(O)C(C(O)CO)OC1=O.